The van der Waals surface area contributed by atoms with Gasteiger partial charge >= 0.3 is 24.1 Å². The predicted octanol–water partition coefficient (Wildman–Crippen LogP) is 6.92. The molecule has 2 aromatic rings. The zero-order chi connectivity index (χ0) is 36.4. The van der Waals surface area contributed by atoms with Gasteiger partial charge in [-0.2, -0.15) is 0 Å². The maximum Gasteiger partial charge on any atom is 0.407 e. The summed E-state index contributed by atoms with van der Waals surface area (Å²) in [5.74, 6) is 0.593. The minimum atomic E-state index is -0.538. The second-order valence-electron chi connectivity index (χ2n) is 11.5. The van der Waals surface area contributed by atoms with Gasteiger partial charge in [-0.05, 0) is 77.3 Å². The molecule has 0 atom stereocenters. The Morgan fingerprint density at radius 2 is 0.860 bits per heavy atom. The van der Waals surface area contributed by atoms with Crippen molar-refractivity contribution in [3.05, 3.63) is 72.8 Å². The average molecular weight is 697 g/mol. The van der Waals surface area contributed by atoms with Gasteiger partial charge < -0.3 is 39.1 Å². The lowest BCUT2D eigenvalue weighted by atomic mass is 10.0. The Hall–Kier alpha value is -5.00. The first kappa shape index (κ1) is 41.2. The van der Waals surface area contributed by atoms with Crippen LogP contribution in [-0.4, -0.2) is 76.9 Å². The van der Waals surface area contributed by atoms with Gasteiger partial charge in [-0.1, -0.05) is 49.6 Å². The molecule has 0 aliphatic heterocycles. The number of alkyl carbamates (subject to hydrolysis) is 2. The quantitative estimate of drug-likeness (QED) is 0.0485. The fourth-order valence-electron chi connectivity index (χ4n) is 4.38. The Morgan fingerprint density at radius 3 is 1.24 bits per heavy atom. The highest BCUT2D eigenvalue weighted by molar-refractivity contribution is 5.87. The average Bonchev–Trinajstić information content (AvgIpc) is 3.10. The molecule has 12 nitrogen and oxygen atoms in total. The lowest BCUT2D eigenvalue weighted by Crippen LogP contribution is -2.29. The maximum absolute atomic E-state index is 11.7. The minimum Gasteiger partial charge on any atom is -0.493 e. The Bertz CT molecular complexity index is 1270. The van der Waals surface area contributed by atoms with Crippen LogP contribution in [0.15, 0.2) is 72.8 Å². The van der Waals surface area contributed by atoms with Crippen molar-refractivity contribution < 1.29 is 47.6 Å². The van der Waals surface area contributed by atoms with Gasteiger partial charge in [0.25, 0.3) is 0 Å². The van der Waals surface area contributed by atoms with Crippen LogP contribution in [0.3, 0.4) is 0 Å². The first-order valence-corrected chi connectivity index (χ1v) is 17.1. The molecular weight excluding hydrogens is 644 g/mol. The van der Waals surface area contributed by atoms with E-state index in [-0.39, 0.29) is 26.3 Å². The molecule has 0 aliphatic carbocycles. The largest absolute Gasteiger partial charge is 0.493 e. The first-order chi connectivity index (χ1) is 24.2. The molecule has 0 unspecified atom stereocenters. The molecule has 12 heteroatoms. The van der Waals surface area contributed by atoms with E-state index in [9.17, 15) is 19.2 Å². The molecule has 274 valence electrons. The smallest absolute Gasteiger partial charge is 0.407 e. The lowest BCUT2D eigenvalue weighted by Gasteiger charge is -2.15. The van der Waals surface area contributed by atoms with Gasteiger partial charge in [0, 0.05) is 22.3 Å². The van der Waals surface area contributed by atoms with Crippen LogP contribution in [0.5, 0.6) is 11.5 Å². The number of rotatable bonds is 25. The Kier molecular flexibility index (Phi) is 20.6. The van der Waals surface area contributed by atoms with Gasteiger partial charge in [0.1, 0.15) is 24.7 Å². The van der Waals surface area contributed by atoms with E-state index in [1.54, 1.807) is 13.8 Å². The highest BCUT2D eigenvalue weighted by Crippen LogP contribution is 2.36. The monoisotopic (exact) mass is 696 g/mol. The topological polar surface area (TPSA) is 148 Å². The second kappa shape index (κ2) is 25.0. The highest BCUT2D eigenvalue weighted by atomic mass is 16.6. The van der Waals surface area contributed by atoms with Gasteiger partial charge in [0.2, 0.25) is 0 Å². The number of ether oxygens (including phenoxy) is 6. The number of carbonyl (C=O) groups is 4. The number of unbranched alkanes of at least 4 members (excludes halogenated alkanes) is 6. The molecule has 50 heavy (non-hydrogen) atoms. The van der Waals surface area contributed by atoms with Crippen molar-refractivity contribution in [2.45, 2.75) is 65.2 Å². The molecule has 2 aromatic carbocycles. The summed E-state index contributed by atoms with van der Waals surface area (Å²) < 4.78 is 32.5. The third-order valence-electron chi connectivity index (χ3n) is 7.03. The van der Waals surface area contributed by atoms with E-state index < -0.39 is 24.1 Å². The summed E-state index contributed by atoms with van der Waals surface area (Å²) in [7, 11) is 0. The molecule has 0 aliphatic rings. The summed E-state index contributed by atoms with van der Waals surface area (Å²) in [6.07, 6.45) is 5.76. The molecule has 0 spiro atoms. The van der Waals surface area contributed by atoms with Crippen molar-refractivity contribution in [3.63, 3.8) is 0 Å². The van der Waals surface area contributed by atoms with E-state index in [1.807, 2.05) is 48.5 Å². The lowest BCUT2D eigenvalue weighted by molar-refractivity contribution is -0.139. The van der Waals surface area contributed by atoms with Crippen LogP contribution in [0, 0.1) is 0 Å². The molecule has 0 fully saturated rings. The van der Waals surface area contributed by atoms with Gasteiger partial charge in [0.05, 0.1) is 39.5 Å². The summed E-state index contributed by atoms with van der Waals surface area (Å²) in [5.41, 5.74) is 2.54. The predicted molar refractivity (Wildman–Crippen MR) is 190 cm³/mol. The fraction of sp³-hybridized carbons (Fsp3) is 0.474. The standard InChI is InChI=1S/C38H52N2O10/c1-29(2)35(41)47-27-21-39-37(43)49-25-15-7-5-13-23-45-33-19-11-9-17-31(33)32-18-10-12-20-34(32)46-24-14-6-8-16-26-50-38(44)40-22-28-48-36(42)30(3)4/h9-12,17-20H,1,3,5-8,13-16,21-28H2,2,4H3,(H,39,43)(H,40,44). The van der Waals surface area contributed by atoms with Crippen molar-refractivity contribution >= 4 is 24.1 Å². The Labute approximate surface area is 295 Å². The van der Waals surface area contributed by atoms with Gasteiger partial charge in [-0.25, -0.2) is 19.2 Å². The highest BCUT2D eigenvalue weighted by Gasteiger charge is 2.12. The normalized spacial score (nSPS) is 10.4. The molecule has 2 N–H and O–H groups in total. The van der Waals surface area contributed by atoms with Gasteiger partial charge in [0.15, 0.2) is 0 Å². The van der Waals surface area contributed by atoms with Crippen molar-refractivity contribution in [1.29, 1.82) is 0 Å². The number of hydrogen-bond acceptors (Lipinski definition) is 10. The zero-order valence-electron chi connectivity index (χ0n) is 29.4. The van der Waals surface area contributed by atoms with E-state index in [0.717, 1.165) is 74.0 Å². The third kappa shape index (κ3) is 18.0. The Balaban J connectivity index is 1.60. The van der Waals surface area contributed by atoms with E-state index in [0.29, 0.717) is 37.6 Å². The first-order valence-electron chi connectivity index (χ1n) is 17.1. The fourth-order valence-corrected chi connectivity index (χ4v) is 4.38. The second-order valence-corrected chi connectivity index (χ2v) is 11.5. The number of carbonyl (C=O) groups excluding carboxylic acids is 4. The molecule has 2 amide bonds. The van der Waals surface area contributed by atoms with Crippen molar-refractivity contribution in [1.82, 2.24) is 10.6 Å². The molecule has 0 saturated heterocycles. The van der Waals surface area contributed by atoms with Crippen LogP contribution >= 0.6 is 0 Å². The SMILES string of the molecule is C=C(C)C(=O)OCCNC(=O)OCCCCCCOc1ccccc1-c1ccccc1OCCCCCCOC(=O)NCCOC(=O)C(=C)C. The van der Waals surface area contributed by atoms with E-state index in [1.165, 1.54) is 0 Å². The summed E-state index contributed by atoms with van der Waals surface area (Å²) in [6, 6.07) is 15.8. The van der Waals surface area contributed by atoms with Gasteiger partial charge in [-0.15, -0.1) is 0 Å². The zero-order valence-corrected chi connectivity index (χ0v) is 29.4. The van der Waals surface area contributed by atoms with Crippen molar-refractivity contribution in [3.8, 4) is 22.6 Å². The Morgan fingerprint density at radius 1 is 0.500 bits per heavy atom. The minimum absolute atomic E-state index is 0.0621. The summed E-state index contributed by atoms with van der Waals surface area (Å²) in [6.45, 7) is 12.3. The van der Waals surface area contributed by atoms with Crippen LogP contribution in [0.25, 0.3) is 11.1 Å². The van der Waals surface area contributed by atoms with E-state index in [2.05, 4.69) is 23.8 Å². The number of para-hydroxylation sites is 2. The number of nitrogens with one attached hydrogen (secondary N) is 2. The summed E-state index contributed by atoms with van der Waals surface area (Å²) in [4.78, 5) is 46.1. The van der Waals surface area contributed by atoms with Crippen molar-refractivity contribution in [2.24, 2.45) is 0 Å². The van der Waals surface area contributed by atoms with E-state index in [4.69, 9.17) is 28.4 Å². The van der Waals surface area contributed by atoms with Crippen LogP contribution in [0.2, 0.25) is 0 Å². The summed E-state index contributed by atoms with van der Waals surface area (Å²) >= 11 is 0. The summed E-state index contributed by atoms with van der Waals surface area (Å²) in [5, 5.41) is 5.08. The molecular formula is C38H52N2O10. The molecule has 0 heterocycles. The molecule has 0 radical (unpaired) electrons. The van der Waals surface area contributed by atoms with Crippen LogP contribution in [0.1, 0.15) is 65.2 Å². The maximum atomic E-state index is 11.7. The van der Waals surface area contributed by atoms with Crippen LogP contribution in [0.4, 0.5) is 9.59 Å². The number of hydrogen-bond donors (Lipinski definition) is 2. The van der Waals surface area contributed by atoms with Crippen LogP contribution in [-0.2, 0) is 28.5 Å². The molecule has 2 rings (SSSR count). The molecule has 0 aromatic heterocycles. The van der Waals surface area contributed by atoms with E-state index >= 15 is 0 Å². The number of benzene rings is 2. The van der Waals surface area contributed by atoms with Crippen LogP contribution < -0.4 is 20.1 Å². The van der Waals surface area contributed by atoms with Crippen molar-refractivity contribution in [2.75, 3.05) is 52.7 Å². The van der Waals surface area contributed by atoms with Gasteiger partial charge in [-0.3, -0.25) is 0 Å². The molecule has 0 saturated carbocycles. The number of amides is 2. The molecule has 0 bridgehead atoms. The number of esters is 2. The third-order valence-corrected chi connectivity index (χ3v) is 7.03.